The molecule has 3 aliphatic rings. The van der Waals surface area contributed by atoms with Crippen molar-refractivity contribution in [1.29, 1.82) is 0 Å². The highest BCUT2D eigenvalue weighted by Gasteiger charge is 2.62. The maximum Gasteiger partial charge on any atom is 0.257 e. The van der Waals surface area contributed by atoms with Crippen molar-refractivity contribution in [3.05, 3.63) is 76.4 Å². The van der Waals surface area contributed by atoms with E-state index in [2.05, 4.69) is 0 Å². The van der Waals surface area contributed by atoms with Gasteiger partial charge in [0.15, 0.2) is 17.1 Å². The number of para-hydroxylation sites is 1. The first-order valence-electron chi connectivity index (χ1n) is 9.08. The third-order valence-corrected chi connectivity index (χ3v) is 6.00. The summed E-state index contributed by atoms with van der Waals surface area (Å²) in [6.45, 7) is 2.71. The molecule has 2 aromatic carbocycles. The molecule has 0 saturated carbocycles. The first kappa shape index (κ1) is 16.1. The van der Waals surface area contributed by atoms with Gasteiger partial charge >= 0.3 is 0 Å². The summed E-state index contributed by atoms with van der Waals surface area (Å²) in [7, 11) is 1.82. The molecule has 0 N–H and O–H groups in total. The lowest BCUT2D eigenvalue weighted by molar-refractivity contribution is -0.126. The molecule has 0 fully saturated rings. The number of hydrogen-bond donors (Lipinski definition) is 0. The Bertz CT molecular complexity index is 1080. The average molecular weight is 358 g/mol. The molecule has 1 aliphatic carbocycles. The van der Waals surface area contributed by atoms with E-state index in [9.17, 15) is 14.4 Å². The fourth-order valence-electron chi connectivity index (χ4n) is 4.87. The smallest absolute Gasteiger partial charge is 0.257 e. The van der Waals surface area contributed by atoms with E-state index in [0.29, 0.717) is 28.8 Å². The summed E-state index contributed by atoms with van der Waals surface area (Å²) >= 11 is 0. The van der Waals surface area contributed by atoms with Crippen LogP contribution in [0.15, 0.2) is 59.7 Å². The van der Waals surface area contributed by atoms with Gasteiger partial charge in [-0.25, -0.2) is 0 Å². The number of likely N-dealkylation sites (N-methyl/N-ethyl adjacent to an activating group) is 2. The number of amides is 1. The van der Waals surface area contributed by atoms with Gasteiger partial charge in [-0.2, -0.15) is 0 Å². The van der Waals surface area contributed by atoms with E-state index < -0.39 is 5.54 Å². The van der Waals surface area contributed by atoms with Crippen molar-refractivity contribution in [3.8, 4) is 0 Å². The molecule has 0 saturated heterocycles. The van der Waals surface area contributed by atoms with E-state index in [1.165, 1.54) is 0 Å². The molecule has 2 aromatic rings. The SMILES string of the molecule is CCN1C(=O)C2(C3=C(CN2C)C(=O)c2ccccc2C3=O)c2ccccc21. The molecule has 5 nitrogen and oxygen atoms in total. The summed E-state index contributed by atoms with van der Waals surface area (Å²) in [5, 5.41) is 0. The highest BCUT2D eigenvalue weighted by molar-refractivity contribution is 6.32. The minimum atomic E-state index is -1.22. The molecule has 1 spiro atoms. The van der Waals surface area contributed by atoms with Crippen LogP contribution in [-0.2, 0) is 10.3 Å². The van der Waals surface area contributed by atoms with Crippen molar-refractivity contribution in [2.75, 3.05) is 25.0 Å². The van der Waals surface area contributed by atoms with Crippen LogP contribution in [0.3, 0.4) is 0 Å². The first-order valence-corrected chi connectivity index (χ1v) is 9.08. The van der Waals surface area contributed by atoms with Crippen LogP contribution in [-0.4, -0.2) is 42.5 Å². The van der Waals surface area contributed by atoms with Crippen molar-refractivity contribution in [1.82, 2.24) is 4.90 Å². The lowest BCUT2D eigenvalue weighted by Crippen LogP contribution is -2.51. The van der Waals surface area contributed by atoms with Crippen LogP contribution >= 0.6 is 0 Å². The van der Waals surface area contributed by atoms with E-state index in [1.807, 2.05) is 43.1 Å². The Morgan fingerprint density at radius 3 is 2.26 bits per heavy atom. The molecule has 0 bridgehead atoms. The van der Waals surface area contributed by atoms with E-state index >= 15 is 0 Å². The second kappa shape index (κ2) is 5.24. The molecule has 27 heavy (non-hydrogen) atoms. The van der Waals surface area contributed by atoms with Crippen molar-refractivity contribution in [2.45, 2.75) is 12.5 Å². The Hall–Kier alpha value is -3.05. The fraction of sp³-hybridized carbons (Fsp3) is 0.227. The van der Waals surface area contributed by atoms with Gasteiger partial charge in [0.25, 0.3) is 5.91 Å². The van der Waals surface area contributed by atoms with Crippen LogP contribution in [0.1, 0.15) is 33.2 Å². The fourth-order valence-corrected chi connectivity index (χ4v) is 4.87. The van der Waals surface area contributed by atoms with Crippen molar-refractivity contribution < 1.29 is 14.4 Å². The Morgan fingerprint density at radius 1 is 0.926 bits per heavy atom. The Kier molecular flexibility index (Phi) is 3.13. The number of anilines is 1. The number of fused-ring (bicyclic) bond motifs is 4. The third-order valence-electron chi connectivity index (χ3n) is 6.00. The zero-order valence-corrected chi connectivity index (χ0v) is 15.2. The molecule has 2 heterocycles. The second-order valence-corrected chi connectivity index (χ2v) is 7.19. The zero-order valence-electron chi connectivity index (χ0n) is 15.2. The molecule has 0 aromatic heterocycles. The van der Waals surface area contributed by atoms with Gasteiger partial charge < -0.3 is 4.90 Å². The van der Waals surface area contributed by atoms with Crippen molar-refractivity contribution in [2.24, 2.45) is 0 Å². The van der Waals surface area contributed by atoms with E-state index in [-0.39, 0.29) is 24.0 Å². The summed E-state index contributed by atoms with van der Waals surface area (Å²) < 4.78 is 0. The van der Waals surface area contributed by atoms with Gasteiger partial charge in [0.05, 0.1) is 0 Å². The summed E-state index contributed by atoms with van der Waals surface area (Å²) in [5.41, 5.74) is 1.97. The van der Waals surface area contributed by atoms with Gasteiger partial charge in [0.1, 0.15) is 0 Å². The lowest BCUT2D eigenvalue weighted by atomic mass is 9.75. The number of hydrogen-bond acceptors (Lipinski definition) is 4. The third kappa shape index (κ3) is 1.70. The number of nitrogens with zero attached hydrogens (tertiary/aromatic N) is 2. The summed E-state index contributed by atoms with van der Waals surface area (Å²) in [4.78, 5) is 43.8. The largest absolute Gasteiger partial charge is 0.310 e. The van der Waals surface area contributed by atoms with Gasteiger partial charge in [0, 0.05) is 46.6 Å². The van der Waals surface area contributed by atoms with E-state index in [4.69, 9.17) is 0 Å². The number of rotatable bonds is 1. The van der Waals surface area contributed by atoms with Crippen LogP contribution in [0.2, 0.25) is 0 Å². The number of carbonyl (C=O) groups excluding carboxylic acids is 3. The standard InChI is InChI=1S/C22H18N2O3/c1-3-24-17-11-7-6-10-16(17)22(21(24)27)18-15(12-23(22)2)19(25)13-8-4-5-9-14(13)20(18)26/h4-11H,3,12H2,1-2H3. The summed E-state index contributed by atoms with van der Waals surface area (Å²) in [6, 6.07) is 14.4. The zero-order chi connectivity index (χ0) is 18.9. The van der Waals surface area contributed by atoms with E-state index in [1.54, 1.807) is 29.2 Å². The molecule has 5 heteroatoms. The second-order valence-electron chi connectivity index (χ2n) is 7.19. The number of carbonyl (C=O) groups is 3. The number of ketones is 2. The molecule has 134 valence electrons. The Morgan fingerprint density at radius 2 is 1.56 bits per heavy atom. The molecule has 1 unspecified atom stereocenters. The Labute approximate surface area is 156 Å². The van der Waals surface area contributed by atoms with E-state index in [0.717, 1.165) is 11.3 Å². The molecular weight excluding hydrogens is 340 g/mol. The Balaban J connectivity index is 1.84. The minimum absolute atomic E-state index is 0.149. The molecular formula is C22H18N2O3. The van der Waals surface area contributed by atoms with Crippen molar-refractivity contribution >= 4 is 23.2 Å². The van der Waals surface area contributed by atoms with Crippen LogP contribution in [0.4, 0.5) is 5.69 Å². The predicted molar refractivity (Wildman–Crippen MR) is 101 cm³/mol. The quantitative estimate of drug-likeness (QED) is 0.786. The van der Waals surface area contributed by atoms with Gasteiger partial charge in [0.2, 0.25) is 0 Å². The number of Topliss-reactive ketones (excluding diaryl/α,β-unsaturated/α-hetero) is 2. The van der Waals surface area contributed by atoms with Crippen LogP contribution in [0, 0.1) is 0 Å². The predicted octanol–water partition coefficient (Wildman–Crippen LogP) is 2.57. The van der Waals surface area contributed by atoms with Crippen LogP contribution in [0.5, 0.6) is 0 Å². The highest BCUT2D eigenvalue weighted by Crippen LogP contribution is 2.54. The number of benzene rings is 2. The minimum Gasteiger partial charge on any atom is -0.310 e. The van der Waals surface area contributed by atoms with Gasteiger partial charge in [-0.1, -0.05) is 42.5 Å². The maximum absolute atomic E-state index is 13.6. The average Bonchev–Trinajstić information content (AvgIpc) is 3.14. The summed E-state index contributed by atoms with van der Waals surface area (Å²) in [5.74, 6) is -0.519. The molecule has 1 atom stereocenters. The normalized spacial score (nSPS) is 23.9. The van der Waals surface area contributed by atoms with Gasteiger partial charge in [-0.3, -0.25) is 19.3 Å². The molecule has 5 rings (SSSR count). The first-order chi connectivity index (χ1) is 13.0. The van der Waals surface area contributed by atoms with Crippen molar-refractivity contribution in [3.63, 3.8) is 0 Å². The molecule has 2 aliphatic heterocycles. The summed E-state index contributed by atoms with van der Waals surface area (Å²) in [6.07, 6.45) is 0. The molecule has 1 amide bonds. The monoisotopic (exact) mass is 358 g/mol. The van der Waals surface area contributed by atoms with Crippen LogP contribution in [0.25, 0.3) is 0 Å². The topological polar surface area (TPSA) is 57.7 Å². The lowest BCUT2D eigenvalue weighted by Gasteiger charge is -2.34. The highest BCUT2D eigenvalue weighted by atomic mass is 16.2. The van der Waals surface area contributed by atoms with Gasteiger partial charge in [-0.15, -0.1) is 0 Å². The maximum atomic E-state index is 13.6. The van der Waals surface area contributed by atoms with Crippen LogP contribution < -0.4 is 4.90 Å². The van der Waals surface area contributed by atoms with Gasteiger partial charge in [-0.05, 0) is 20.0 Å². The molecule has 0 radical (unpaired) electrons.